The molecule has 0 bridgehead atoms. The number of thiocarbonyl (C=S) groups is 1. The molecule has 0 atom stereocenters. The van der Waals surface area contributed by atoms with Gasteiger partial charge in [0.2, 0.25) is 0 Å². The summed E-state index contributed by atoms with van der Waals surface area (Å²) < 4.78 is 10.2. The molecule has 1 aromatic heterocycles. The van der Waals surface area contributed by atoms with Crippen LogP contribution in [0.3, 0.4) is 0 Å². The van der Waals surface area contributed by atoms with Crippen LogP contribution in [0.25, 0.3) is 10.8 Å². The maximum Gasteiger partial charge on any atom is 0.348 e. The molecule has 2 N–H and O–H groups in total. The van der Waals surface area contributed by atoms with Gasteiger partial charge in [-0.3, -0.25) is 10.1 Å². The molecular formula is C23H21ClN2O5S2. The molecule has 33 heavy (non-hydrogen) atoms. The van der Waals surface area contributed by atoms with Gasteiger partial charge in [0, 0.05) is 16.0 Å². The second-order valence-corrected chi connectivity index (χ2v) is 8.59. The van der Waals surface area contributed by atoms with Crippen LogP contribution in [0.2, 0.25) is 5.02 Å². The van der Waals surface area contributed by atoms with Crippen LogP contribution >= 0.6 is 35.2 Å². The fourth-order valence-electron chi connectivity index (χ4n) is 3.22. The summed E-state index contributed by atoms with van der Waals surface area (Å²) in [7, 11) is 0. The minimum atomic E-state index is -0.609. The average molecular weight is 505 g/mol. The van der Waals surface area contributed by atoms with Crippen LogP contribution in [0.5, 0.6) is 0 Å². The van der Waals surface area contributed by atoms with E-state index in [1.807, 2.05) is 6.07 Å². The summed E-state index contributed by atoms with van der Waals surface area (Å²) >= 11 is 12.5. The van der Waals surface area contributed by atoms with Crippen LogP contribution in [0.4, 0.5) is 5.00 Å². The number of thiophene rings is 1. The van der Waals surface area contributed by atoms with E-state index in [-0.39, 0.29) is 33.8 Å². The van der Waals surface area contributed by atoms with Crippen molar-refractivity contribution in [3.63, 3.8) is 0 Å². The molecule has 3 aromatic rings. The number of halogens is 1. The van der Waals surface area contributed by atoms with E-state index in [0.717, 1.165) is 16.7 Å². The monoisotopic (exact) mass is 504 g/mol. The first kappa shape index (κ1) is 24.6. The Morgan fingerprint density at radius 3 is 2.33 bits per heavy atom. The first-order valence-corrected chi connectivity index (χ1v) is 11.7. The average Bonchev–Trinajstić information content (AvgIpc) is 3.09. The van der Waals surface area contributed by atoms with E-state index in [0.29, 0.717) is 21.5 Å². The molecule has 0 saturated heterocycles. The second kappa shape index (κ2) is 10.7. The van der Waals surface area contributed by atoms with Gasteiger partial charge in [-0.1, -0.05) is 35.9 Å². The number of nitrogens with one attached hydrogen (secondary N) is 2. The third kappa shape index (κ3) is 5.32. The Kier molecular flexibility index (Phi) is 8.01. The lowest BCUT2D eigenvalue weighted by Crippen LogP contribution is -2.34. The summed E-state index contributed by atoms with van der Waals surface area (Å²) in [5.41, 5.74) is 0.968. The fourth-order valence-corrected chi connectivity index (χ4v) is 4.81. The predicted molar refractivity (Wildman–Crippen MR) is 134 cm³/mol. The molecule has 2 aromatic carbocycles. The van der Waals surface area contributed by atoms with Gasteiger partial charge in [-0.15, -0.1) is 11.3 Å². The fraction of sp³-hybridized carbons (Fsp3) is 0.217. The minimum Gasteiger partial charge on any atom is -0.462 e. The van der Waals surface area contributed by atoms with Crippen molar-refractivity contribution >= 4 is 73.9 Å². The molecule has 3 rings (SSSR count). The quantitative estimate of drug-likeness (QED) is 0.345. The number of carbonyl (C=O) groups excluding carboxylic acids is 3. The molecule has 0 aliphatic rings. The molecule has 10 heteroatoms. The first-order chi connectivity index (χ1) is 15.8. The Hall–Kier alpha value is -3.01. The summed E-state index contributed by atoms with van der Waals surface area (Å²) in [6.45, 7) is 5.35. The number of fused-ring (bicyclic) bond motifs is 1. The Morgan fingerprint density at radius 1 is 1.00 bits per heavy atom. The molecular weight excluding hydrogens is 484 g/mol. The summed E-state index contributed by atoms with van der Waals surface area (Å²) in [5.74, 6) is -1.61. The van der Waals surface area contributed by atoms with Crippen LogP contribution in [-0.2, 0) is 9.47 Å². The number of rotatable bonds is 6. The lowest BCUT2D eigenvalue weighted by atomic mass is 10.0. The zero-order valence-corrected chi connectivity index (χ0v) is 20.5. The van der Waals surface area contributed by atoms with Crippen molar-refractivity contribution in [1.82, 2.24) is 5.32 Å². The molecule has 172 valence electrons. The van der Waals surface area contributed by atoms with Crippen molar-refractivity contribution in [1.29, 1.82) is 0 Å². The molecule has 0 fully saturated rings. The van der Waals surface area contributed by atoms with Crippen LogP contribution in [0.15, 0.2) is 36.4 Å². The lowest BCUT2D eigenvalue weighted by Gasteiger charge is -2.12. The predicted octanol–water partition coefficient (Wildman–Crippen LogP) is 5.34. The van der Waals surface area contributed by atoms with E-state index in [1.165, 1.54) is 0 Å². The van der Waals surface area contributed by atoms with Crippen molar-refractivity contribution < 1.29 is 23.9 Å². The topological polar surface area (TPSA) is 93.7 Å². The van der Waals surface area contributed by atoms with Crippen LogP contribution in [-0.4, -0.2) is 36.2 Å². The van der Waals surface area contributed by atoms with E-state index in [4.69, 9.17) is 33.3 Å². The number of esters is 2. The van der Waals surface area contributed by atoms with E-state index in [2.05, 4.69) is 10.6 Å². The smallest absolute Gasteiger partial charge is 0.348 e. The van der Waals surface area contributed by atoms with E-state index in [9.17, 15) is 14.4 Å². The highest BCUT2D eigenvalue weighted by Crippen LogP contribution is 2.34. The zero-order valence-electron chi connectivity index (χ0n) is 18.1. The highest BCUT2D eigenvalue weighted by atomic mass is 35.5. The van der Waals surface area contributed by atoms with Crippen molar-refractivity contribution in [2.45, 2.75) is 20.8 Å². The van der Waals surface area contributed by atoms with Crippen molar-refractivity contribution in [3.8, 4) is 0 Å². The highest BCUT2D eigenvalue weighted by Gasteiger charge is 2.27. The van der Waals surface area contributed by atoms with Crippen molar-refractivity contribution in [2.75, 3.05) is 18.5 Å². The molecule has 1 amide bonds. The molecule has 0 aliphatic heterocycles. The molecule has 7 nitrogen and oxygen atoms in total. The van der Waals surface area contributed by atoms with Gasteiger partial charge in [0.15, 0.2) is 5.11 Å². The number of hydrogen-bond acceptors (Lipinski definition) is 7. The molecule has 0 radical (unpaired) electrons. The van der Waals surface area contributed by atoms with Gasteiger partial charge < -0.3 is 14.8 Å². The molecule has 0 unspecified atom stereocenters. The third-order valence-electron chi connectivity index (χ3n) is 4.65. The number of amides is 1. The third-order valence-corrected chi connectivity index (χ3v) is 6.38. The van der Waals surface area contributed by atoms with E-state index >= 15 is 0 Å². The second-order valence-electron chi connectivity index (χ2n) is 6.75. The lowest BCUT2D eigenvalue weighted by molar-refractivity contribution is 0.0527. The SMILES string of the molecule is CCOC(=O)c1sc(NC(=S)NC(=O)c2cccc3c(Cl)cccc23)c(C(=O)OCC)c1C. The van der Waals surface area contributed by atoms with Crippen LogP contribution in [0, 0.1) is 6.92 Å². The first-order valence-electron chi connectivity index (χ1n) is 10.1. The standard InChI is InChI=1S/C23H21ClN2O5S2/c1-4-30-21(28)17-12(3)18(22(29)31-5-2)33-20(17)26-23(32)25-19(27)15-10-6-9-14-13(15)8-7-11-16(14)24/h6-11H,4-5H2,1-3H3,(H2,25,26,27,32). The largest absolute Gasteiger partial charge is 0.462 e. The Bertz CT molecular complexity index is 1260. The zero-order chi connectivity index (χ0) is 24.1. The van der Waals surface area contributed by atoms with Gasteiger partial charge in [-0.05, 0) is 56.1 Å². The van der Waals surface area contributed by atoms with Crippen molar-refractivity contribution in [3.05, 3.63) is 63.0 Å². The van der Waals surface area contributed by atoms with Crippen molar-refractivity contribution in [2.24, 2.45) is 0 Å². The Labute approximate surface area is 205 Å². The normalized spacial score (nSPS) is 10.5. The van der Waals surface area contributed by atoms with Gasteiger partial charge in [0.25, 0.3) is 5.91 Å². The van der Waals surface area contributed by atoms with Gasteiger partial charge >= 0.3 is 11.9 Å². The Balaban J connectivity index is 1.87. The number of carbonyl (C=O) groups is 3. The van der Waals surface area contributed by atoms with Gasteiger partial charge in [0.05, 0.1) is 18.8 Å². The van der Waals surface area contributed by atoms with E-state index < -0.39 is 17.8 Å². The molecule has 0 spiro atoms. The number of hydrogen-bond donors (Lipinski definition) is 2. The number of benzene rings is 2. The Morgan fingerprint density at radius 2 is 1.64 bits per heavy atom. The maximum atomic E-state index is 12.9. The number of ether oxygens (including phenoxy) is 2. The van der Waals surface area contributed by atoms with Crippen LogP contribution < -0.4 is 10.6 Å². The summed E-state index contributed by atoms with van der Waals surface area (Å²) in [6.07, 6.45) is 0. The summed E-state index contributed by atoms with van der Waals surface area (Å²) in [6, 6.07) is 10.5. The van der Waals surface area contributed by atoms with Gasteiger partial charge in [-0.25, -0.2) is 9.59 Å². The molecule has 1 heterocycles. The molecule has 0 saturated carbocycles. The highest BCUT2D eigenvalue weighted by molar-refractivity contribution is 7.80. The molecule has 0 aliphatic carbocycles. The van der Waals surface area contributed by atoms with E-state index in [1.54, 1.807) is 51.1 Å². The minimum absolute atomic E-state index is 0.0405. The van der Waals surface area contributed by atoms with Gasteiger partial charge in [-0.2, -0.15) is 0 Å². The summed E-state index contributed by atoms with van der Waals surface area (Å²) in [5, 5.41) is 7.65. The summed E-state index contributed by atoms with van der Waals surface area (Å²) in [4.78, 5) is 38.0. The van der Waals surface area contributed by atoms with Gasteiger partial charge in [0.1, 0.15) is 9.88 Å². The maximum absolute atomic E-state index is 12.9. The van der Waals surface area contributed by atoms with Crippen LogP contribution in [0.1, 0.15) is 49.8 Å². The number of anilines is 1.